The van der Waals surface area contributed by atoms with E-state index in [1.165, 1.54) is 0 Å². The second-order valence-electron chi connectivity index (χ2n) is 6.52. The lowest BCUT2D eigenvalue weighted by atomic mass is 9.87. The lowest BCUT2D eigenvalue weighted by Crippen LogP contribution is -2.32. The van der Waals surface area contributed by atoms with Crippen LogP contribution in [-0.2, 0) is 9.59 Å². The lowest BCUT2D eigenvalue weighted by Gasteiger charge is -2.18. The van der Waals surface area contributed by atoms with Crippen molar-refractivity contribution in [2.24, 2.45) is 5.92 Å². The van der Waals surface area contributed by atoms with E-state index < -0.39 is 5.92 Å². The fraction of sp³-hybridized carbons (Fsp3) is 0.300. The Morgan fingerprint density at radius 3 is 2.58 bits per heavy atom. The molecule has 0 aliphatic carbocycles. The Morgan fingerprint density at radius 1 is 1.12 bits per heavy atom. The molecule has 1 saturated heterocycles. The zero-order valence-electron chi connectivity index (χ0n) is 14.2. The van der Waals surface area contributed by atoms with Crippen LogP contribution in [0.4, 0.5) is 5.69 Å². The third-order valence-electron chi connectivity index (χ3n) is 4.67. The summed E-state index contributed by atoms with van der Waals surface area (Å²) in [4.78, 5) is 27.0. The SMILES string of the molecule is Cc1cccc(C2CN(C)C(=O)C2C(=O)Nc2ccccc2C)c1. The quantitative estimate of drug-likeness (QED) is 0.883. The van der Waals surface area contributed by atoms with Crippen LogP contribution in [0.15, 0.2) is 48.5 Å². The molecular weight excluding hydrogens is 300 g/mol. The smallest absolute Gasteiger partial charge is 0.237 e. The van der Waals surface area contributed by atoms with E-state index in [4.69, 9.17) is 0 Å². The molecule has 3 rings (SSSR count). The van der Waals surface area contributed by atoms with E-state index in [1.54, 1.807) is 11.9 Å². The zero-order chi connectivity index (χ0) is 17.3. The van der Waals surface area contributed by atoms with Gasteiger partial charge in [-0.1, -0.05) is 48.0 Å². The summed E-state index contributed by atoms with van der Waals surface area (Å²) in [6.07, 6.45) is 0. The number of carbonyl (C=O) groups excluding carboxylic acids is 2. The number of benzene rings is 2. The van der Waals surface area contributed by atoms with E-state index in [-0.39, 0.29) is 17.7 Å². The third-order valence-corrected chi connectivity index (χ3v) is 4.67. The second-order valence-corrected chi connectivity index (χ2v) is 6.52. The number of amides is 2. The number of rotatable bonds is 3. The summed E-state index contributed by atoms with van der Waals surface area (Å²) >= 11 is 0. The molecule has 0 radical (unpaired) electrons. The summed E-state index contributed by atoms with van der Waals surface area (Å²) in [5.74, 6) is -1.15. The summed E-state index contributed by atoms with van der Waals surface area (Å²) < 4.78 is 0. The highest BCUT2D eigenvalue weighted by atomic mass is 16.2. The van der Waals surface area contributed by atoms with E-state index in [0.29, 0.717) is 6.54 Å². The summed E-state index contributed by atoms with van der Waals surface area (Å²) in [6, 6.07) is 15.7. The monoisotopic (exact) mass is 322 g/mol. The Morgan fingerprint density at radius 2 is 1.88 bits per heavy atom. The van der Waals surface area contributed by atoms with Gasteiger partial charge < -0.3 is 10.2 Å². The van der Waals surface area contributed by atoms with Crippen molar-refractivity contribution in [3.63, 3.8) is 0 Å². The predicted octanol–water partition coefficient (Wildman–Crippen LogP) is 3.11. The van der Waals surface area contributed by atoms with Crippen LogP contribution in [0.5, 0.6) is 0 Å². The van der Waals surface area contributed by atoms with Gasteiger partial charge in [-0.3, -0.25) is 9.59 Å². The zero-order valence-corrected chi connectivity index (χ0v) is 14.2. The van der Waals surface area contributed by atoms with Gasteiger partial charge in [-0.25, -0.2) is 0 Å². The average Bonchev–Trinajstić information content (AvgIpc) is 2.85. The van der Waals surface area contributed by atoms with E-state index in [0.717, 1.165) is 22.4 Å². The molecule has 2 unspecified atom stereocenters. The number of para-hydroxylation sites is 1. The minimum absolute atomic E-state index is 0.118. The molecule has 0 aromatic heterocycles. The van der Waals surface area contributed by atoms with Gasteiger partial charge in [-0.05, 0) is 31.0 Å². The van der Waals surface area contributed by atoms with Gasteiger partial charge >= 0.3 is 0 Å². The molecule has 1 heterocycles. The molecule has 24 heavy (non-hydrogen) atoms. The van der Waals surface area contributed by atoms with Crippen LogP contribution in [-0.4, -0.2) is 30.3 Å². The molecule has 2 aromatic rings. The van der Waals surface area contributed by atoms with Crippen LogP contribution in [0.1, 0.15) is 22.6 Å². The van der Waals surface area contributed by atoms with Gasteiger partial charge in [0.1, 0.15) is 5.92 Å². The molecule has 2 atom stereocenters. The Labute approximate surface area is 142 Å². The molecule has 1 fully saturated rings. The normalized spacial score (nSPS) is 20.3. The van der Waals surface area contributed by atoms with Crippen molar-refractivity contribution in [2.75, 3.05) is 18.9 Å². The van der Waals surface area contributed by atoms with Crippen molar-refractivity contribution in [3.8, 4) is 0 Å². The molecule has 2 aromatic carbocycles. The van der Waals surface area contributed by atoms with Gasteiger partial charge in [-0.15, -0.1) is 0 Å². The Hall–Kier alpha value is -2.62. The van der Waals surface area contributed by atoms with Crippen molar-refractivity contribution in [1.29, 1.82) is 0 Å². The number of aryl methyl sites for hydroxylation is 2. The summed E-state index contributed by atoms with van der Waals surface area (Å²) in [6.45, 7) is 4.52. The number of anilines is 1. The Kier molecular flexibility index (Phi) is 4.38. The minimum atomic E-state index is -0.684. The summed E-state index contributed by atoms with van der Waals surface area (Å²) in [5, 5.41) is 2.93. The Balaban J connectivity index is 1.89. The fourth-order valence-electron chi connectivity index (χ4n) is 3.32. The van der Waals surface area contributed by atoms with Gasteiger partial charge in [0.15, 0.2) is 0 Å². The number of nitrogens with zero attached hydrogens (tertiary/aromatic N) is 1. The Bertz CT molecular complexity index is 785. The first kappa shape index (κ1) is 16.2. The van der Waals surface area contributed by atoms with Gasteiger partial charge in [0.05, 0.1) is 0 Å². The highest BCUT2D eigenvalue weighted by Gasteiger charge is 2.44. The fourth-order valence-corrected chi connectivity index (χ4v) is 3.32. The molecule has 2 amide bonds. The minimum Gasteiger partial charge on any atom is -0.344 e. The number of hydrogen-bond donors (Lipinski definition) is 1. The van der Waals surface area contributed by atoms with Crippen LogP contribution in [0.3, 0.4) is 0 Å². The van der Waals surface area contributed by atoms with Crippen LogP contribution in [0, 0.1) is 19.8 Å². The highest BCUT2D eigenvalue weighted by molar-refractivity contribution is 6.08. The number of likely N-dealkylation sites (tertiary alicyclic amines) is 1. The van der Waals surface area contributed by atoms with Gasteiger partial charge in [-0.2, -0.15) is 0 Å². The van der Waals surface area contributed by atoms with Crippen LogP contribution < -0.4 is 5.32 Å². The van der Waals surface area contributed by atoms with Crippen molar-refractivity contribution in [3.05, 3.63) is 65.2 Å². The standard InChI is InChI=1S/C20H22N2O2/c1-13-7-6-9-15(11-13)16-12-22(3)20(24)18(16)19(23)21-17-10-5-4-8-14(17)2/h4-11,16,18H,12H2,1-3H3,(H,21,23). The van der Waals surface area contributed by atoms with Crippen molar-refractivity contribution < 1.29 is 9.59 Å². The molecular formula is C20H22N2O2. The van der Waals surface area contributed by atoms with Crippen molar-refractivity contribution in [2.45, 2.75) is 19.8 Å². The van der Waals surface area contributed by atoms with Gasteiger partial charge in [0.2, 0.25) is 11.8 Å². The molecule has 4 heteroatoms. The maximum absolute atomic E-state index is 12.8. The van der Waals surface area contributed by atoms with E-state index >= 15 is 0 Å². The topological polar surface area (TPSA) is 49.4 Å². The summed E-state index contributed by atoms with van der Waals surface area (Å²) in [5.41, 5.74) is 3.91. The second kappa shape index (κ2) is 6.48. The number of carbonyl (C=O) groups is 2. The summed E-state index contributed by atoms with van der Waals surface area (Å²) in [7, 11) is 1.76. The maximum atomic E-state index is 12.8. The molecule has 0 spiro atoms. The van der Waals surface area contributed by atoms with Gasteiger partial charge in [0, 0.05) is 25.2 Å². The maximum Gasteiger partial charge on any atom is 0.237 e. The average molecular weight is 322 g/mol. The first-order valence-electron chi connectivity index (χ1n) is 8.15. The first-order chi connectivity index (χ1) is 11.5. The number of likely N-dealkylation sites (N-methyl/N-ethyl adjacent to an activating group) is 1. The molecule has 0 saturated carbocycles. The predicted molar refractivity (Wildman–Crippen MR) is 94.9 cm³/mol. The van der Waals surface area contributed by atoms with Crippen molar-refractivity contribution in [1.82, 2.24) is 4.90 Å². The molecule has 1 aliphatic heterocycles. The molecule has 124 valence electrons. The largest absolute Gasteiger partial charge is 0.344 e. The van der Waals surface area contributed by atoms with E-state index in [1.807, 2.05) is 56.3 Å². The molecule has 1 aliphatic rings. The van der Waals surface area contributed by atoms with Crippen LogP contribution >= 0.6 is 0 Å². The first-order valence-corrected chi connectivity index (χ1v) is 8.15. The number of hydrogen-bond acceptors (Lipinski definition) is 2. The third kappa shape index (κ3) is 3.04. The van der Waals surface area contributed by atoms with E-state index in [2.05, 4.69) is 11.4 Å². The van der Waals surface area contributed by atoms with Crippen LogP contribution in [0.25, 0.3) is 0 Å². The lowest BCUT2D eigenvalue weighted by molar-refractivity contribution is -0.135. The van der Waals surface area contributed by atoms with Gasteiger partial charge in [0.25, 0.3) is 0 Å². The molecule has 4 nitrogen and oxygen atoms in total. The van der Waals surface area contributed by atoms with Crippen molar-refractivity contribution >= 4 is 17.5 Å². The van der Waals surface area contributed by atoms with Crippen LogP contribution in [0.2, 0.25) is 0 Å². The molecule has 0 bridgehead atoms. The molecule has 1 N–H and O–H groups in total. The van der Waals surface area contributed by atoms with E-state index in [9.17, 15) is 9.59 Å². The number of nitrogens with one attached hydrogen (secondary N) is 1. The highest BCUT2D eigenvalue weighted by Crippen LogP contribution is 2.34.